The van der Waals surface area contributed by atoms with Crippen molar-refractivity contribution in [3.05, 3.63) is 143 Å². The lowest BCUT2D eigenvalue weighted by Gasteiger charge is -2.08. The average Bonchev–Trinajstić information content (AvgIpc) is 4.20. The summed E-state index contributed by atoms with van der Waals surface area (Å²) in [5, 5.41) is 0. The van der Waals surface area contributed by atoms with Crippen LogP contribution in [0.4, 0.5) is 0 Å². The first-order valence-corrected chi connectivity index (χ1v) is 35.6. The predicted octanol–water partition coefficient (Wildman–Crippen LogP) is 27.2. The fourth-order valence-electron chi connectivity index (χ4n) is 8.56. The predicted molar refractivity (Wildman–Crippen MR) is 382 cm³/mol. The van der Waals surface area contributed by atoms with Crippen LogP contribution in [0.25, 0.3) is 6.08 Å². The molecule has 0 bridgehead atoms. The zero-order valence-electron chi connectivity index (χ0n) is 58.0. The standard InChI is InChI=1S/2C14H22.C13H22S.C13H20S.C13H18S.C12H26/c1-11(2)9-13-5-7-14(8-6-13)10-12(3)4;1-11(2)5-6-13-7-9-14(10-8-13)12(3)4;3*1-10(2)6-5-7-12-8-9-13(14-12)11(3)4;1-11(2)9-7-5-6-8-10-12(3)4/h5-8,11-12H,9-10H2,1-4H3;7-12H,5-6H2,1-4H3;8-11H,5-7H2,1-4H3;5,7-11H,6H2,1-4H3;8-11H,6H2,1-4H3;11-12H,5-10H2,1-4H3/b;;;7-5-;;. The SMILES string of the molecule is CC(C)C/C=C\c1ccc(C(C)C)s1.CC(C)CC#Cc1ccc(C(C)C)s1.CC(C)CCCCCCC(C)C.CC(C)CCCc1ccc(C(C)C)s1.CC(C)CCc1ccc(C(C)C)cc1.CC(C)Cc1ccc(CC(C)C)cc1. The summed E-state index contributed by atoms with van der Waals surface area (Å²) in [6.07, 6.45) is 24.2. The maximum atomic E-state index is 3.22. The molecule has 2 aromatic carbocycles. The molecule has 0 unspecified atom stereocenters. The number of hydrogen-bond donors (Lipinski definition) is 0. The van der Waals surface area contributed by atoms with E-state index < -0.39 is 0 Å². The minimum absolute atomic E-state index is 0.626. The van der Waals surface area contributed by atoms with Gasteiger partial charge in [0.15, 0.2) is 0 Å². The van der Waals surface area contributed by atoms with Crippen molar-refractivity contribution < 1.29 is 0 Å². The highest BCUT2D eigenvalue weighted by Crippen LogP contribution is 2.28. The van der Waals surface area contributed by atoms with E-state index in [1.54, 1.807) is 4.88 Å². The molecule has 0 aliphatic rings. The highest BCUT2D eigenvalue weighted by molar-refractivity contribution is 7.13. The van der Waals surface area contributed by atoms with Gasteiger partial charge in [0.1, 0.15) is 0 Å². The summed E-state index contributed by atoms with van der Waals surface area (Å²) in [6, 6.07) is 31.6. The first-order valence-electron chi connectivity index (χ1n) is 33.2. The second kappa shape index (κ2) is 47.0. The van der Waals surface area contributed by atoms with Gasteiger partial charge in [-0.15, -0.1) is 34.0 Å². The average molecular weight is 1180 g/mol. The zero-order valence-corrected chi connectivity index (χ0v) is 60.4. The molecular formula is C79H130S3. The van der Waals surface area contributed by atoms with Gasteiger partial charge in [0, 0.05) is 30.8 Å². The number of allylic oxidation sites excluding steroid dienone is 1. The molecule has 3 heteroatoms. The molecule has 5 rings (SSSR count). The Morgan fingerprint density at radius 3 is 1.20 bits per heavy atom. The molecule has 0 radical (unpaired) electrons. The van der Waals surface area contributed by atoms with Crippen molar-refractivity contribution in [3.8, 4) is 11.8 Å². The zero-order chi connectivity index (χ0) is 62.2. The second-order valence-electron chi connectivity index (χ2n) is 28.0. The van der Waals surface area contributed by atoms with Gasteiger partial charge in [0.2, 0.25) is 0 Å². The number of aryl methyl sites for hydroxylation is 2. The van der Waals surface area contributed by atoms with Crippen molar-refractivity contribution in [3.63, 3.8) is 0 Å². The van der Waals surface area contributed by atoms with E-state index in [1.165, 1.54) is 137 Å². The van der Waals surface area contributed by atoms with E-state index >= 15 is 0 Å². The van der Waals surface area contributed by atoms with E-state index in [9.17, 15) is 0 Å². The van der Waals surface area contributed by atoms with Crippen LogP contribution in [0, 0.1) is 59.2 Å². The maximum absolute atomic E-state index is 3.22. The third-order valence-corrected chi connectivity index (χ3v) is 17.9. The summed E-state index contributed by atoms with van der Waals surface area (Å²) in [4.78, 5) is 8.59. The van der Waals surface area contributed by atoms with Crippen LogP contribution in [0.3, 0.4) is 0 Å². The summed E-state index contributed by atoms with van der Waals surface area (Å²) in [7, 11) is 0. The van der Waals surface area contributed by atoms with Crippen LogP contribution in [0.15, 0.2) is 91.0 Å². The van der Waals surface area contributed by atoms with Crippen molar-refractivity contribution in [1.29, 1.82) is 0 Å². The molecule has 5 aromatic rings. The van der Waals surface area contributed by atoms with Crippen molar-refractivity contribution in [2.45, 2.75) is 286 Å². The Morgan fingerprint density at radius 1 is 0.354 bits per heavy atom. The Balaban J connectivity index is 0.000000961. The number of thiophene rings is 3. The summed E-state index contributed by atoms with van der Waals surface area (Å²) in [5.41, 5.74) is 5.85. The Kier molecular flexibility index (Phi) is 45.2. The van der Waals surface area contributed by atoms with Crippen LogP contribution in [0.1, 0.15) is 312 Å². The molecule has 0 saturated heterocycles. The van der Waals surface area contributed by atoms with Crippen molar-refractivity contribution in [1.82, 2.24) is 0 Å². The van der Waals surface area contributed by atoms with Gasteiger partial charge in [-0.05, 0) is 181 Å². The van der Waals surface area contributed by atoms with Gasteiger partial charge >= 0.3 is 0 Å². The van der Waals surface area contributed by atoms with Gasteiger partial charge < -0.3 is 0 Å². The summed E-state index contributed by atoms with van der Waals surface area (Å²) in [6.45, 7) is 54.3. The van der Waals surface area contributed by atoms with Crippen molar-refractivity contribution in [2.24, 2.45) is 47.3 Å². The topological polar surface area (TPSA) is 0 Å². The molecule has 0 saturated carbocycles. The van der Waals surface area contributed by atoms with Gasteiger partial charge in [-0.25, -0.2) is 0 Å². The fraction of sp³-hybridized carbons (Fsp3) is 0.646. The molecule has 0 fully saturated rings. The van der Waals surface area contributed by atoms with Gasteiger partial charge in [-0.3, -0.25) is 0 Å². The van der Waals surface area contributed by atoms with Crippen LogP contribution >= 0.6 is 34.0 Å². The lowest BCUT2D eigenvalue weighted by atomic mass is 9.98. The van der Waals surface area contributed by atoms with Crippen LogP contribution in [-0.4, -0.2) is 0 Å². The van der Waals surface area contributed by atoms with Crippen LogP contribution in [0.2, 0.25) is 0 Å². The largest absolute Gasteiger partial charge is 0.145 e. The second-order valence-corrected chi connectivity index (χ2v) is 31.5. The van der Waals surface area contributed by atoms with Gasteiger partial charge in [-0.2, -0.15) is 0 Å². The van der Waals surface area contributed by atoms with Gasteiger partial charge in [0.25, 0.3) is 0 Å². The molecule has 464 valence electrons. The number of rotatable bonds is 26. The molecule has 0 spiro atoms. The Labute approximate surface area is 524 Å². The molecule has 3 heterocycles. The molecule has 0 aliphatic carbocycles. The monoisotopic (exact) mass is 1170 g/mol. The minimum Gasteiger partial charge on any atom is -0.145 e. The van der Waals surface area contributed by atoms with Crippen molar-refractivity contribution in [2.75, 3.05) is 0 Å². The highest BCUT2D eigenvalue weighted by Gasteiger charge is 2.07. The number of benzene rings is 2. The van der Waals surface area contributed by atoms with E-state index in [4.69, 9.17) is 0 Å². The Morgan fingerprint density at radius 2 is 0.793 bits per heavy atom. The van der Waals surface area contributed by atoms with Crippen LogP contribution in [-0.2, 0) is 25.7 Å². The van der Waals surface area contributed by atoms with Gasteiger partial charge in [0.05, 0.1) is 4.88 Å². The van der Waals surface area contributed by atoms with Crippen molar-refractivity contribution >= 4 is 40.1 Å². The molecule has 0 atom stereocenters. The summed E-state index contributed by atoms with van der Waals surface area (Å²) < 4.78 is 0. The number of hydrogen-bond acceptors (Lipinski definition) is 3. The molecule has 0 amide bonds. The van der Waals surface area contributed by atoms with E-state index in [2.05, 4.69) is 275 Å². The first-order chi connectivity index (χ1) is 38.6. The molecule has 0 N–H and O–H groups in total. The van der Waals surface area contributed by atoms with Crippen LogP contribution < -0.4 is 0 Å². The molecule has 0 aliphatic heterocycles. The van der Waals surface area contributed by atoms with E-state index in [0.717, 1.165) is 47.8 Å². The Hall–Kier alpha value is -3.16. The third-order valence-electron chi connectivity index (χ3n) is 13.8. The van der Waals surface area contributed by atoms with E-state index in [1.807, 2.05) is 34.0 Å². The number of unbranched alkanes of at least 4 members (excludes halogenated alkanes) is 3. The molecule has 0 nitrogen and oxygen atoms in total. The third kappa shape index (κ3) is 44.3. The Bertz CT molecular complexity index is 2270. The summed E-state index contributed by atoms with van der Waals surface area (Å²) >= 11 is 5.72. The molecule has 82 heavy (non-hydrogen) atoms. The minimum atomic E-state index is 0.626. The highest BCUT2D eigenvalue weighted by atomic mass is 32.1. The molecule has 3 aromatic heterocycles. The lowest BCUT2D eigenvalue weighted by molar-refractivity contribution is 0.488. The van der Waals surface area contributed by atoms with Crippen LogP contribution in [0.5, 0.6) is 0 Å². The summed E-state index contributed by atoms with van der Waals surface area (Å²) in [5.74, 6) is 15.5. The smallest absolute Gasteiger partial charge is 0.0771 e. The van der Waals surface area contributed by atoms with E-state index in [-0.39, 0.29) is 0 Å². The van der Waals surface area contributed by atoms with Gasteiger partial charge in [-0.1, -0.05) is 278 Å². The fourth-order valence-corrected chi connectivity index (χ4v) is 11.4. The maximum Gasteiger partial charge on any atom is 0.0771 e. The molecular weight excluding hydrogens is 1050 g/mol. The normalized spacial score (nSPS) is 11.4. The van der Waals surface area contributed by atoms with E-state index in [0.29, 0.717) is 29.6 Å². The lowest BCUT2D eigenvalue weighted by Crippen LogP contribution is -1.96. The first kappa shape index (κ1) is 78.8. The quantitative estimate of drug-likeness (QED) is 0.0382.